The zero-order valence-electron chi connectivity index (χ0n) is 9.33. The average molecular weight is 234 g/mol. The van der Waals surface area contributed by atoms with Crippen molar-refractivity contribution in [3.8, 4) is 0 Å². The van der Waals surface area contributed by atoms with Crippen LogP contribution in [0.25, 0.3) is 0 Å². The third-order valence-electron chi connectivity index (χ3n) is 2.71. The summed E-state index contributed by atoms with van der Waals surface area (Å²) in [7, 11) is 0. The number of hydrogen-bond donors (Lipinski definition) is 4. The zero-order chi connectivity index (χ0) is 12.5. The molecule has 6 heteroatoms. The number of aliphatic carboxylic acids is 1. The van der Waals surface area contributed by atoms with Gasteiger partial charge in [0.05, 0.1) is 18.3 Å². The van der Waals surface area contributed by atoms with Crippen LogP contribution in [0, 0.1) is 0 Å². The number of carboxylic acid groups (broad SMARTS) is 1. The van der Waals surface area contributed by atoms with Crippen molar-refractivity contribution in [2.75, 3.05) is 0 Å². The van der Waals surface area contributed by atoms with E-state index in [-0.39, 0.29) is 18.9 Å². The SMILES string of the molecule is CC(C)O[C@@H]1C[C@](O)(C(=O)O)C[C@@H](O)[C@H]1O. The molecular weight excluding hydrogens is 216 g/mol. The monoisotopic (exact) mass is 234 g/mol. The largest absolute Gasteiger partial charge is 0.479 e. The molecule has 0 aromatic rings. The average Bonchev–Trinajstić information content (AvgIpc) is 2.12. The molecule has 0 heterocycles. The van der Waals surface area contributed by atoms with Crippen LogP contribution in [0.3, 0.4) is 0 Å². The van der Waals surface area contributed by atoms with Gasteiger partial charge >= 0.3 is 5.97 Å². The molecule has 4 N–H and O–H groups in total. The Morgan fingerprint density at radius 1 is 1.38 bits per heavy atom. The molecule has 1 aliphatic carbocycles. The molecule has 94 valence electrons. The van der Waals surface area contributed by atoms with Gasteiger partial charge in [-0.05, 0) is 13.8 Å². The van der Waals surface area contributed by atoms with E-state index in [1.54, 1.807) is 13.8 Å². The molecular formula is C10H18O6. The Balaban J connectivity index is 2.80. The second-order valence-corrected chi connectivity index (χ2v) is 4.53. The number of aliphatic hydroxyl groups is 3. The summed E-state index contributed by atoms with van der Waals surface area (Å²) in [6, 6.07) is 0. The van der Waals surface area contributed by atoms with Gasteiger partial charge in [-0.25, -0.2) is 4.79 Å². The summed E-state index contributed by atoms with van der Waals surface area (Å²) >= 11 is 0. The first-order valence-electron chi connectivity index (χ1n) is 5.23. The number of rotatable bonds is 3. The summed E-state index contributed by atoms with van der Waals surface area (Å²) in [6.07, 6.45) is -4.16. The predicted molar refractivity (Wildman–Crippen MR) is 53.8 cm³/mol. The van der Waals surface area contributed by atoms with Crippen molar-refractivity contribution < 1.29 is 30.0 Å². The fourth-order valence-corrected chi connectivity index (χ4v) is 1.90. The van der Waals surface area contributed by atoms with Crippen LogP contribution in [0.15, 0.2) is 0 Å². The minimum Gasteiger partial charge on any atom is -0.479 e. The molecule has 6 nitrogen and oxygen atoms in total. The van der Waals surface area contributed by atoms with Gasteiger partial charge in [-0.1, -0.05) is 0 Å². The molecule has 16 heavy (non-hydrogen) atoms. The number of hydrogen-bond acceptors (Lipinski definition) is 5. The topological polar surface area (TPSA) is 107 Å². The van der Waals surface area contributed by atoms with E-state index >= 15 is 0 Å². The van der Waals surface area contributed by atoms with Crippen molar-refractivity contribution in [3.05, 3.63) is 0 Å². The normalized spacial score (nSPS) is 40.0. The maximum atomic E-state index is 10.9. The van der Waals surface area contributed by atoms with E-state index < -0.39 is 29.9 Å². The van der Waals surface area contributed by atoms with E-state index in [1.165, 1.54) is 0 Å². The highest BCUT2D eigenvalue weighted by Crippen LogP contribution is 2.31. The second-order valence-electron chi connectivity index (χ2n) is 4.53. The Bertz CT molecular complexity index is 266. The van der Waals surface area contributed by atoms with Crippen LogP contribution in [0.1, 0.15) is 26.7 Å². The van der Waals surface area contributed by atoms with Gasteiger partial charge in [-0.15, -0.1) is 0 Å². The highest BCUT2D eigenvalue weighted by Gasteiger charge is 2.49. The molecule has 0 bridgehead atoms. The van der Waals surface area contributed by atoms with E-state index in [9.17, 15) is 20.1 Å². The van der Waals surface area contributed by atoms with Crippen LogP contribution in [0.2, 0.25) is 0 Å². The number of ether oxygens (including phenoxy) is 1. The molecule has 4 atom stereocenters. The lowest BCUT2D eigenvalue weighted by Crippen LogP contribution is -2.57. The Kier molecular flexibility index (Phi) is 3.90. The quantitative estimate of drug-likeness (QED) is 0.504. The molecule has 0 radical (unpaired) electrons. The molecule has 1 aliphatic rings. The molecule has 1 saturated carbocycles. The van der Waals surface area contributed by atoms with Gasteiger partial charge in [0.15, 0.2) is 5.60 Å². The number of carbonyl (C=O) groups is 1. The van der Waals surface area contributed by atoms with Crippen LogP contribution < -0.4 is 0 Å². The maximum Gasteiger partial charge on any atom is 0.335 e. The molecule has 0 aromatic heterocycles. The van der Waals surface area contributed by atoms with Gasteiger partial charge in [-0.2, -0.15) is 0 Å². The van der Waals surface area contributed by atoms with Crippen molar-refractivity contribution in [1.29, 1.82) is 0 Å². The fourth-order valence-electron chi connectivity index (χ4n) is 1.90. The number of aliphatic hydroxyl groups excluding tert-OH is 2. The van der Waals surface area contributed by atoms with Crippen LogP contribution in [0.5, 0.6) is 0 Å². The first kappa shape index (κ1) is 13.4. The lowest BCUT2D eigenvalue weighted by molar-refractivity contribution is -0.199. The van der Waals surface area contributed by atoms with Gasteiger partial charge in [0.25, 0.3) is 0 Å². The lowest BCUT2D eigenvalue weighted by atomic mass is 9.79. The minimum atomic E-state index is -2.03. The van der Waals surface area contributed by atoms with E-state index in [0.29, 0.717) is 0 Å². The van der Waals surface area contributed by atoms with Crippen LogP contribution in [-0.4, -0.2) is 56.4 Å². The molecule has 1 fully saturated rings. The highest BCUT2D eigenvalue weighted by molar-refractivity contribution is 5.77. The maximum absolute atomic E-state index is 10.9. The third-order valence-corrected chi connectivity index (χ3v) is 2.71. The first-order chi connectivity index (χ1) is 7.26. The van der Waals surface area contributed by atoms with Crippen molar-refractivity contribution in [2.24, 2.45) is 0 Å². The summed E-state index contributed by atoms with van der Waals surface area (Å²) in [5.41, 5.74) is -2.03. The van der Waals surface area contributed by atoms with Crippen molar-refractivity contribution in [3.63, 3.8) is 0 Å². The van der Waals surface area contributed by atoms with Crippen LogP contribution >= 0.6 is 0 Å². The molecule has 0 saturated heterocycles. The molecule has 0 aliphatic heterocycles. The van der Waals surface area contributed by atoms with E-state index in [2.05, 4.69) is 0 Å². The molecule has 0 spiro atoms. The van der Waals surface area contributed by atoms with Gasteiger partial charge in [0.1, 0.15) is 6.10 Å². The van der Waals surface area contributed by atoms with Crippen molar-refractivity contribution >= 4 is 5.97 Å². The molecule has 0 unspecified atom stereocenters. The predicted octanol–water partition coefficient (Wildman–Crippen LogP) is -0.889. The summed E-state index contributed by atoms with van der Waals surface area (Å²) in [5.74, 6) is -1.41. The van der Waals surface area contributed by atoms with Crippen LogP contribution in [-0.2, 0) is 9.53 Å². The van der Waals surface area contributed by atoms with Crippen LogP contribution in [0.4, 0.5) is 0 Å². The summed E-state index contributed by atoms with van der Waals surface area (Å²) < 4.78 is 5.29. The lowest BCUT2D eigenvalue weighted by Gasteiger charge is -2.40. The summed E-state index contributed by atoms with van der Waals surface area (Å²) in [6.45, 7) is 3.46. The Morgan fingerprint density at radius 3 is 2.38 bits per heavy atom. The Hall–Kier alpha value is -0.690. The van der Waals surface area contributed by atoms with E-state index in [1.807, 2.05) is 0 Å². The summed E-state index contributed by atoms with van der Waals surface area (Å²) in [4.78, 5) is 10.9. The fraction of sp³-hybridized carbons (Fsp3) is 0.900. The van der Waals surface area contributed by atoms with Gasteiger partial charge < -0.3 is 25.2 Å². The molecule has 0 amide bonds. The van der Waals surface area contributed by atoms with Gasteiger partial charge in [0, 0.05) is 12.8 Å². The van der Waals surface area contributed by atoms with Gasteiger partial charge in [0.2, 0.25) is 0 Å². The Morgan fingerprint density at radius 2 is 1.94 bits per heavy atom. The highest BCUT2D eigenvalue weighted by atomic mass is 16.5. The molecule has 0 aromatic carbocycles. The number of carboxylic acids is 1. The zero-order valence-corrected chi connectivity index (χ0v) is 9.33. The standard InChI is InChI=1S/C10H18O6/c1-5(2)16-7-4-10(15,9(13)14)3-6(11)8(7)12/h5-8,11-12,15H,3-4H2,1-2H3,(H,13,14)/t6-,7-,8-,10+/m1/s1. The first-order valence-corrected chi connectivity index (χ1v) is 5.23. The van der Waals surface area contributed by atoms with Crippen molar-refractivity contribution in [2.45, 2.75) is 56.7 Å². The van der Waals surface area contributed by atoms with E-state index in [0.717, 1.165) is 0 Å². The van der Waals surface area contributed by atoms with E-state index in [4.69, 9.17) is 9.84 Å². The summed E-state index contributed by atoms with van der Waals surface area (Å²) in [5, 5.41) is 37.7. The molecule has 1 rings (SSSR count). The smallest absolute Gasteiger partial charge is 0.335 e. The second kappa shape index (κ2) is 4.67. The third kappa shape index (κ3) is 2.70. The minimum absolute atomic E-state index is 0.219. The Labute approximate surface area is 93.5 Å². The van der Waals surface area contributed by atoms with Gasteiger partial charge in [-0.3, -0.25) is 0 Å². The van der Waals surface area contributed by atoms with Crippen molar-refractivity contribution in [1.82, 2.24) is 0 Å².